The van der Waals surface area contributed by atoms with Crippen molar-refractivity contribution < 1.29 is 23.0 Å². The maximum absolute atomic E-state index is 13.7. The second-order valence-electron chi connectivity index (χ2n) is 11.4. The summed E-state index contributed by atoms with van der Waals surface area (Å²) in [6.07, 6.45) is 1.37. The van der Waals surface area contributed by atoms with Crippen LogP contribution < -0.4 is 15.4 Å². The molecule has 4 aliphatic rings. The maximum Gasteiger partial charge on any atom is 0.416 e. The third-order valence-corrected chi connectivity index (χ3v) is 8.26. The number of alkyl halides is 3. The Bertz CT molecular complexity index is 1310. The van der Waals surface area contributed by atoms with Gasteiger partial charge >= 0.3 is 6.18 Å². The first-order chi connectivity index (χ1) is 17.6. The second-order valence-corrected chi connectivity index (χ2v) is 11.4. The van der Waals surface area contributed by atoms with Gasteiger partial charge in [0.2, 0.25) is 0 Å². The van der Waals surface area contributed by atoms with Crippen LogP contribution in [0.5, 0.6) is 5.75 Å². The number of pyridine rings is 1. The van der Waals surface area contributed by atoms with E-state index in [9.17, 15) is 18.3 Å². The molecule has 1 heterocycles. The summed E-state index contributed by atoms with van der Waals surface area (Å²) in [5.41, 5.74) is 1.13. The Balaban J connectivity index is 1.18. The number of ether oxygens (including phenoxy) is 1. The summed E-state index contributed by atoms with van der Waals surface area (Å²) in [6, 6.07) is 13.1. The summed E-state index contributed by atoms with van der Waals surface area (Å²) in [5, 5.41) is 18.6. The molecule has 0 radical (unpaired) electrons. The van der Waals surface area contributed by atoms with Crippen molar-refractivity contribution in [1.82, 2.24) is 10.3 Å². The van der Waals surface area contributed by atoms with E-state index in [0.717, 1.165) is 60.8 Å². The molecular formula is C29H32F3N3O2. The Morgan fingerprint density at radius 3 is 2.54 bits per heavy atom. The van der Waals surface area contributed by atoms with E-state index >= 15 is 0 Å². The Morgan fingerprint density at radius 1 is 1.05 bits per heavy atom. The van der Waals surface area contributed by atoms with Gasteiger partial charge in [-0.3, -0.25) is 4.98 Å². The fraction of sp³-hybridized carbons (Fsp3) is 0.483. The van der Waals surface area contributed by atoms with Crippen LogP contribution >= 0.6 is 0 Å². The topological polar surface area (TPSA) is 66.4 Å². The zero-order valence-electron chi connectivity index (χ0n) is 20.9. The molecule has 0 aliphatic heterocycles. The van der Waals surface area contributed by atoms with Gasteiger partial charge in [-0.1, -0.05) is 18.2 Å². The monoisotopic (exact) mass is 511 g/mol. The van der Waals surface area contributed by atoms with Crippen molar-refractivity contribution in [3.63, 3.8) is 0 Å². The molecule has 0 amide bonds. The lowest BCUT2D eigenvalue weighted by Gasteiger charge is -2.60. The number of nitrogens with zero attached hydrogens (tertiary/aromatic N) is 1. The Hall–Kier alpha value is -2.84. The zero-order valence-corrected chi connectivity index (χ0v) is 20.9. The number of rotatable bonds is 7. The van der Waals surface area contributed by atoms with Crippen LogP contribution in [0.2, 0.25) is 0 Å². The molecule has 196 valence electrons. The lowest BCUT2D eigenvalue weighted by atomic mass is 9.51. The van der Waals surface area contributed by atoms with Crippen molar-refractivity contribution in [2.24, 2.45) is 11.8 Å². The van der Waals surface area contributed by atoms with Gasteiger partial charge in [-0.2, -0.15) is 13.2 Å². The number of aryl methyl sites for hydroxylation is 1. The van der Waals surface area contributed by atoms with Crippen molar-refractivity contribution in [3.8, 4) is 5.75 Å². The van der Waals surface area contributed by atoms with Gasteiger partial charge in [0.1, 0.15) is 12.4 Å². The number of aliphatic hydroxyl groups is 1. The fourth-order valence-corrected chi connectivity index (χ4v) is 7.39. The number of aromatic nitrogens is 1. The van der Waals surface area contributed by atoms with Gasteiger partial charge in [0.15, 0.2) is 0 Å². The van der Waals surface area contributed by atoms with Crippen molar-refractivity contribution in [2.45, 2.75) is 62.8 Å². The first-order valence-electron chi connectivity index (χ1n) is 13.0. The average molecular weight is 512 g/mol. The first kappa shape index (κ1) is 24.5. The summed E-state index contributed by atoms with van der Waals surface area (Å²) in [7, 11) is 0. The van der Waals surface area contributed by atoms with Crippen LogP contribution in [0.3, 0.4) is 0 Å². The van der Waals surface area contributed by atoms with E-state index in [4.69, 9.17) is 4.74 Å². The minimum atomic E-state index is -4.50. The number of benzene rings is 2. The van der Waals surface area contributed by atoms with Crippen LogP contribution in [-0.4, -0.2) is 34.4 Å². The van der Waals surface area contributed by atoms with Crippen molar-refractivity contribution in [1.29, 1.82) is 0 Å². The standard InChI is InChI=1S/C29H32F3N3O2/c1-18-8-26(24-4-2-3-5-25(24)34-18)35-22-10-21(29(30,31)32)11-23(12-22)37-7-6-33-27-13-19-9-20(14-27)16-28(36,15-19)17-27/h2-5,8,10-12,19-20,33,36H,6-7,9,13-17H2,1H3,(H,34,35). The minimum absolute atomic E-state index is 0.0804. The molecule has 0 spiro atoms. The molecule has 37 heavy (non-hydrogen) atoms. The highest BCUT2D eigenvalue weighted by atomic mass is 19.4. The van der Waals surface area contributed by atoms with Gasteiger partial charge in [-0.25, -0.2) is 0 Å². The first-order valence-corrected chi connectivity index (χ1v) is 13.0. The Morgan fingerprint density at radius 2 is 1.81 bits per heavy atom. The van der Waals surface area contributed by atoms with Crippen molar-refractivity contribution in [3.05, 3.63) is 59.8 Å². The molecule has 3 N–H and O–H groups in total. The van der Waals surface area contributed by atoms with Gasteiger partial charge in [0.25, 0.3) is 0 Å². The molecule has 3 aromatic rings. The zero-order chi connectivity index (χ0) is 25.8. The summed E-state index contributed by atoms with van der Waals surface area (Å²) < 4.78 is 47.0. The Labute approximate surface area is 214 Å². The van der Waals surface area contributed by atoms with Gasteiger partial charge in [0.05, 0.1) is 16.7 Å². The summed E-state index contributed by atoms with van der Waals surface area (Å²) in [4.78, 5) is 4.51. The van der Waals surface area contributed by atoms with Gasteiger partial charge in [0, 0.05) is 40.6 Å². The maximum atomic E-state index is 13.7. The van der Waals surface area contributed by atoms with Crippen LogP contribution in [-0.2, 0) is 6.18 Å². The molecular weight excluding hydrogens is 479 g/mol. The van der Waals surface area contributed by atoms with Crippen LogP contribution in [0.1, 0.15) is 49.8 Å². The van der Waals surface area contributed by atoms with Crippen LogP contribution in [0.4, 0.5) is 24.5 Å². The molecule has 4 bridgehead atoms. The van der Waals surface area contributed by atoms with E-state index in [1.807, 2.05) is 37.3 Å². The normalized spacial score (nSPS) is 28.6. The number of nitrogens with one attached hydrogen (secondary N) is 2. The molecule has 2 atom stereocenters. The van der Waals surface area contributed by atoms with Gasteiger partial charge in [-0.15, -0.1) is 0 Å². The molecule has 5 nitrogen and oxygen atoms in total. The summed E-state index contributed by atoms with van der Waals surface area (Å²) >= 11 is 0. The van der Waals surface area contributed by atoms with Crippen molar-refractivity contribution in [2.75, 3.05) is 18.5 Å². The molecule has 4 saturated carbocycles. The average Bonchev–Trinajstić information content (AvgIpc) is 2.79. The smallest absolute Gasteiger partial charge is 0.416 e. The Kier molecular flexibility index (Phi) is 5.88. The van der Waals surface area contributed by atoms with Crippen LogP contribution in [0.15, 0.2) is 48.5 Å². The second kappa shape index (κ2) is 8.88. The molecule has 4 aliphatic carbocycles. The lowest BCUT2D eigenvalue weighted by Crippen LogP contribution is -2.64. The molecule has 4 fully saturated rings. The van der Waals surface area contributed by atoms with E-state index < -0.39 is 17.3 Å². The predicted octanol–water partition coefficient (Wildman–Crippen LogP) is 6.36. The molecule has 0 saturated heterocycles. The summed E-state index contributed by atoms with van der Waals surface area (Å²) in [5.74, 6) is 1.28. The van der Waals surface area contributed by atoms with E-state index in [1.165, 1.54) is 6.42 Å². The molecule has 2 unspecified atom stereocenters. The highest BCUT2D eigenvalue weighted by Gasteiger charge is 2.56. The number of fused-ring (bicyclic) bond motifs is 1. The quantitative estimate of drug-likeness (QED) is 0.322. The molecule has 8 heteroatoms. The number of hydrogen-bond donors (Lipinski definition) is 3. The van der Waals surface area contributed by atoms with E-state index in [1.54, 1.807) is 6.07 Å². The SMILES string of the molecule is Cc1cc(Nc2cc(OCCNC34CC5CC(CC(O)(C5)C3)C4)cc(C(F)(F)F)c2)c2ccccc2n1. The number of hydrogen-bond acceptors (Lipinski definition) is 5. The molecule has 2 aromatic carbocycles. The van der Waals surface area contributed by atoms with Crippen LogP contribution in [0, 0.1) is 18.8 Å². The molecule has 7 rings (SSSR count). The largest absolute Gasteiger partial charge is 0.492 e. The number of para-hydroxylation sites is 1. The highest BCUT2D eigenvalue weighted by molar-refractivity contribution is 5.93. The third-order valence-electron chi connectivity index (χ3n) is 8.26. The van der Waals surface area contributed by atoms with Crippen LogP contribution in [0.25, 0.3) is 10.9 Å². The fourth-order valence-electron chi connectivity index (χ4n) is 7.39. The van der Waals surface area contributed by atoms with Gasteiger partial charge < -0.3 is 20.5 Å². The molecule has 1 aromatic heterocycles. The van der Waals surface area contributed by atoms with Crippen molar-refractivity contribution >= 4 is 22.3 Å². The number of anilines is 2. The lowest BCUT2D eigenvalue weighted by molar-refractivity contribution is -0.142. The highest BCUT2D eigenvalue weighted by Crippen LogP contribution is 2.57. The minimum Gasteiger partial charge on any atom is -0.492 e. The van der Waals surface area contributed by atoms with E-state index in [2.05, 4.69) is 15.6 Å². The van der Waals surface area contributed by atoms with E-state index in [0.29, 0.717) is 29.8 Å². The predicted molar refractivity (Wildman–Crippen MR) is 137 cm³/mol. The summed E-state index contributed by atoms with van der Waals surface area (Å²) in [6.45, 7) is 2.62. The third kappa shape index (κ3) is 5.01. The van der Waals surface area contributed by atoms with E-state index in [-0.39, 0.29) is 17.9 Å². The number of halogens is 3. The van der Waals surface area contributed by atoms with Gasteiger partial charge in [-0.05, 0) is 81.5 Å².